The molecular formula is C10H6Br2N2O2. The summed E-state index contributed by atoms with van der Waals surface area (Å²) in [5, 5.41) is 15.2. The predicted molar refractivity (Wildman–Crippen MR) is 66.4 cm³/mol. The van der Waals surface area contributed by atoms with Crippen molar-refractivity contribution in [2.24, 2.45) is 0 Å². The molecule has 1 aromatic heterocycles. The second-order valence-corrected chi connectivity index (χ2v) is 4.87. The molecule has 2 rings (SSSR count). The van der Waals surface area contributed by atoms with Gasteiger partial charge in [-0.05, 0) is 24.3 Å². The molecule has 0 unspecified atom stereocenters. The molecule has 4 nitrogen and oxygen atoms in total. The van der Waals surface area contributed by atoms with E-state index < -0.39 is 5.97 Å². The number of halogens is 2. The molecule has 0 bridgehead atoms. The summed E-state index contributed by atoms with van der Waals surface area (Å²) in [7, 11) is 0. The number of nitrogens with zero attached hydrogens (tertiary/aromatic N) is 1. The van der Waals surface area contributed by atoms with Crippen LogP contribution in [0.1, 0.15) is 10.5 Å². The molecule has 82 valence electrons. The Kier molecular flexibility index (Phi) is 3.11. The number of rotatable bonds is 2. The van der Waals surface area contributed by atoms with Crippen molar-refractivity contribution in [2.75, 3.05) is 0 Å². The minimum atomic E-state index is -1.02. The molecule has 16 heavy (non-hydrogen) atoms. The number of benzene rings is 1. The molecule has 0 aliphatic heterocycles. The lowest BCUT2D eigenvalue weighted by atomic mass is 10.1. The lowest BCUT2D eigenvalue weighted by molar-refractivity contribution is 0.0690. The molecule has 2 aromatic rings. The van der Waals surface area contributed by atoms with Gasteiger partial charge in [0.15, 0.2) is 0 Å². The highest BCUT2D eigenvalue weighted by Crippen LogP contribution is 2.29. The molecule has 0 fully saturated rings. The molecule has 0 aliphatic rings. The van der Waals surface area contributed by atoms with Crippen molar-refractivity contribution in [3.05, 3.63) is 38.9 Å². The largest absolute Gasteiger partial charge is 0.477 e. The van der Waals surface area contributed by atoms with E-state index in [9.17, 15) is 4.79 Å². The summed E-state index contributed by atoms with van der Waals surface area (Å²) in [4.78, 5) is 10.7. The Bertz CT molecular complexity index is 552. The first-order valence-corrected chi connectivity index (χ1v) is 5.90. The van der Waals surface area contributed by atoms with Gasteiger partial charge in [-0.2, -0.15) is 5.10 Å². The quantitative estimate of drug-likeness (QED) is 0.877. The van der Waals surface area contributed by atoms with Gasteiger partial charge in [-0.15, -0.1) is 0 Å². The van der Waals surface area contributed by atoms with Crippen LogP contribution in [0.4, 0.5) is 0 Å². The number of hydrogen-bond donors (Lipinski definition) is 2. The van der Waals surface area contributed by atoms with Crippen LogP contribution in [-0.2, 0) is 0 Å². The summed E-state index contributed by atoms with van der Waals surface area (Å²) in [6.45, 7) is 0. The molecular weight excluding hydrogens is 340 g/mol. The van der Waals surface area contributed by atoms with Gasteiger partial charge in [0.1, 0.15) is 5.69 Å². The molecule has 2 N–H and O–H groups in total. The summed E-state index contributed by atoms with van der Waals surface area (Å²) in [5.74, 6) is -1.02. The van der Waals surface area contributed by atoms with Gasteiger partial charge in [-0.1, -0.05) is 31.9 Å². The monoisotopic (exact) mass is 344 g/mol. The van der Waals surface area contributed by atoms with Crippen molar-refractivity contribution in [1.82, 2.24) is 10.2 Å². The standard InChI is InChI=1S/C10H6Br2N2O2/c11-5-1-2-7(12)6(3-5)8-4-9(10(15)16)14-13-8/h1-4H,(H,13,14)(H,15,16). The predicted octanol–water partition coefficient (Wildman–Crippen LogP) is 3.30. The first-order valence-electron chi connectivity index (χ1n) is 4.32. The zero-order valence-corrected chi connectivity index (χ0v) is 11.0. The molecule has 6 heteroatoms. The maximum Gasteiger partial charge on any atom is 0.353 e. The average molecular weight is 346 g/mol. The van der Waals surface area contributed by atoms with Crippen LogP contribution < -0.4 is 0 Å². The number of hydrogen-bond acceptors (Lipinski definition) is 2. The van der Waals surface area contributed by atoms with E-state index in [-0.39, 0.29) is 5.69 Å². The summed E-state index contributed by atoms with van der Waals surface area (Å²) >= 11 is 6.75. The van der Waals surface area contributed by atoms with Gasteiger partial charge in [0.25, 0.3) is 0 Å². The van der Waals surface area contributed by atoms with Crippen LogP contribution in [0.15, 0.2) is 33.2 Å². The normalized spacial score (nSPS) is 10.4. The van der Waals surface area contributed by atoms with E-state index in [1.54, 1.807) is 0 Å². The average Bonchev–Trinajstić information content (AvgIpc) is 2.70. The molecule has 0 atom stereocenters. The summed E-state index contributed by atoms with van der Waals surface area (Å²) < 4.78 is 1.77. The van der Waals surface area contributed by atoms with Gasteiger partial charge in [-0.3, -0.25) is 5.10 Å². The number of aromatic carboxylic acids is 1. The van der Waals surface area contributed by atoms with Crippen LogP contribution in [-0.4, -0.2) is 21.3 Å². The molecule has 0 spiro atoms. The first-order chi connectivity index (χ1) is 7.58. The molecule has 1 heterocycles. The number of H-pyrrole nitrogens is 1. The third kappa shape index (κ3) is 2.17. The Labute approximate surface area is 108 Å². The van der Waals surface area contributed by atoms with E-state index in [1.165, 1.54) is 6.07 Å². The van der Waals surface area contributed by atoms with Crippen molar-refractivity contribution in [1.29, 1.82) is 0 Å². The third-order valence-electron chi connectivity index (χ3n) is 2.01. The molecule has 0 aliphatic carbocycles. The van der Waals surface area contributed by atoms with Crippen LogP contribution in [0.3, 0.4) is 0 Å². The number of carboxylic acids is 1. The Morgan fingerprint density at radius 1 is 1.31 bits per heavy atom. The second-order valence-electron chi connectivity index (χ2n) is 3.10. The molecule has 0 amide bonds. The fourth-order valence-electron chi connectivity index (χ4n) is 1.26. The van der Waals surface area contributed by atoms with Gasteiger partial charge in [0, 0.05) is 14.5 Å². The van der Waals surface area contributed by atoms with Crippen LogP contribution in [0.5, 0.6) is 0 Å². The van der Waals surface area contributed by atoms with Gasteiger partial charge in [-0.25, -0.2) is 4.79 Å². The van der Waals surface area contributed by atoms with E-state index in [4.69, 9.17) is 5.11 Å². The molecule has 0 saturated carbocycles. The van der Waals surface area contributed by atoms with Crippen LogP contribution in [0.25, 0.3) is 11.3 Å². The van der Waals surface area contributed by atoms with Gasteiger partial charge >= 0.3 is 5.97 Å². The fourth-order valence-corrected chi connectivity index (χ4v) is 2.07. The third-order valence-corrected chi connectivity index (χ3v) is 3.20. The lowest BCUT2D eigenvalue weighted by Gasteiger charge is -2.00. The Hall–Kier alpha value is -1.14. The first kappa shape index (κ1) is 11.3. The van der Waals surface area contributed by atoms with E-state index in [1.807, 2.05) is 18.2 Å². The van der Waals surface area contributed by atoms with Crippen molar-refractivity contribution in [2.45, 2.75) is 0 Å². The van der Waals surface area contributed by atoms with Crippen molar-refractivity contribution in [3.63, 3.8) is 0 Å². The zero-order valence-electron chi connectivity index (χ0n) is 7.87. The Balaban J connectivity index is 2.50. The van der Waals surface area contributed by atoms with Crippen molar-refractivity contribution >= 4 is 37.8 Å². The zero-order chi connectivity index (χ0) is 11.7. The van der Waals surface area contributed by atoms with Crippen LogP contribution >= 0.6 is 31.9 Å². The molecule has 0 saturated heterocycles. The maximum atomic E-state index is 10.7. The molecule has 0 radical (unpaired) electrons. The van der Waals surface area contributed by atoms with E-state index >= 15 is 0 Å². The minimum absolute atomic E-state index is 0.0712. The smallest absolute Gasteiger partial charge is 0.353 e. The highest BCUT2D eigenvalue weighted by atomic mass is 79.9. The Morgan fingerprint density at radius 3 is 2.69 bits per heavy atom. The SMILES string of the molecule is O=C(O)c1cc(-c2cc(Br)ccc2Br)n[nH]1. The van der Waals surface area contributed by atoms with Crippen molar-refractivity contribution in [3.8, 4) is 11.3 Å². The van der Waals surface area contributed by atoms with Gasteiger partial charge in [0.05, 0.1) is 5.69 Å². The van der Waals surface area contributed by atoms with Crippen LogP contribution in [0.2, 0.25) is 0 Å². The maximum absolute atomic E-state index is 10.7. The number of nitrogens with one attached hydrogen (secondary N) is 1. The van der Waals surface area contributed by atoms with Crippen LogP contribution in [0, 0.1) is 0 Å². The molecule has 1 aromatic carbocycles. The van der Waals surface area contributed by atoms with Gasteiger partial charge < -0.3 is 5.11 Å². The highest BCUT2D eigenvalue weighted by molar-refractivity contribution is 9.11. The minimum Gasteiger partial charge on any atom is -0.477 e. The highest BCUT2D eigenvalue weighted by Gasteiger charge is 2.11. The number of carbonyl (C=O) groups is 1. The van der Waals surface area contributed by atoms with E-state index in [0.717, 1.165) is 14.5 Å². The second kappa shape index (κ2) is 4.39. The summed E-state index contributed by atoms with van der Waals surface area (Å²) in [6, 6.07) is 7.12. The lowest BCUT2D eigenvalue weighted by Crippen LogP contribution is -1.95. The summed E-state index contributed by atoms with van der Waals surface area (Å²) in [6.07, 6.45) is 0. The van der Waals surface area contributed by atoms with E-state index in [0.29, 0.717) is 5.69 Å². The van der Waals surface area contributed by atoms with Crippen molar-refractivity contribution < 1.29 is 9.90 Å². The number of carboxylic acid groups (broad SMARTS) is 1. The number of aromatic nitrogens is 2. The summed E-state index contributed by atoms with van der Waals surface area (Å²) in [5.41, 5.74) is 1.49. The van der Waals surface area contributed by atoms with Gasteiger partial charge in [0.2, 0.25) is 0 Å². The number of aromatic amines is 1. The topological polar surface area (TPSA) is 66.0 Å². The fraction of sp³-hybridized carbons (Fsp3) is 0. The Morgan fingerprint density at radius 2 is 2.06 bits per heavy atom. The van der Waals surface area contributed by atoms with E-state index in [2.05, 4.69) is 42.1 Å².